The highest BCUT2D eigenvalue weighted by molar-refractivity contribution is 4.87. The predicted octanol–water partition coefficient (Wildman–Crippen LogP) is 2.16. The molecule has 3 atom stereocenters. The van der Waals surface area contributed by atoms with Crippen molar-refractivity contribution in [3.63, 3.8) is 0 Å². The summed E-state index contributed by atoms with van der Waals surface area (Å²) >= 11 is 0. The van der Waals surface area contributed by atoms with E-state index in [2.05, 4.69) is 18.9 Å². The molecular formula is C12H27NO2. The van der Waals surface area contributed by atoms with Gasteiger partial charge >= 0.3 is 0 Å². The van der Waals surface area contributed by atoms with Gasteiger partial charge in [0, 0.05) is 26.3 Å². The summed E-state index contributed by atoms with van der Waals surface area (Å²) in [5.41, 5.74) is 0. The van der Waals surface area contributed by atoms with Gasteiger partial charge in [-0.1, -0.05) is 13.8 Å². The van der Waals surface area contributed by atoms with E-state index in [4.69, 9.17) is 9.47 Å². The topological polar surface area (TPSA) is 21.7 Å². The third kappa shape index (κ3) is 4.49. The number of likely N-dealkylation sites (tertiary alicyclic amines) is 1. The molecular weight excluding hydrogens is 190 g/mol. The maximum Gasteiger partial charge on any atom is 0.0714 e. The molecule has 0 aliphatic carbocycles. The van der Waals surface area contributed by atoms with Crippen molar-refractivity contribution in [2.24, 2.45) is 0 Å². The second-order valence-electron chi connectivity index (χ2n) is 3.76. The molecule has 1 fully saturated rings. The monoisotopic (exact) mass is 217 g/mol. The van der Waals surface area contributed by atoms with Crippen LogP contribution < -0.4 is 0 Å². The van der Waals surface area contributed by atoms with Gasteiger partial charge in [-0.05, 0) is 27.3 Å². The van der Waals surface area contributed by atoms with E-state index in [1.54, 1.807) is 7.11 Å². The van der Waals surface area contributed by atoms with Crippen LogP contribution in [-0.2, 0) is 9.47 Å². The van der Waals surface area contributed by atoms with Gasteiger partial charge in [-0.25, -0.2) is 0 Å². The van der Waals surface area contributed by atoms with Crippen LogP contribution in [0.25, 0.3) is 0 Å². The summed E-state index contributed by atoms with van der Waals surface area (Å²) in [7, 11) is 3.92. The zero-order valence-electron chi connectivity index (χ0n) is 11.1. The lowest BCUT2D eigenvalue weighted by Crippen LogP contribution is -2.36. The van der Waals surface area contributed by atoms with E-state index in [0.717, 1.165) is 19.6 Å². The first-order chi connectivity index (χ1) is 7.19. The summed E-state index contributed by atoms with van der Waals surface area (Å²) < 4.78 is 10.9. The molecule has 0 saturated carbocycles. The van der Waals surface area contributed by atoms with E-state index in [-0.39, 0.29) is 0 Å². The maximum atomic E-state index is 5.59. The summed E-state index contributed by atoms with van der Waals surface area (Å²) in [4.78, 5) is 2.33. The van der Waals surface area contributed by atoms with Gasteiger partial charge < -0.3 is 9.47 Å². The predicted molar refractivity (Wildman–Crippen MR) is 64.3 cm³/mol. The molecule has 3 nitrogen and oxygen atoms in total. The summed E-state index contributed by atoms with van der Waals surface area (Å²) in [6.45, 7) is 10.0. The maximum absolute atomic E-state index is 5.59. The van der Waals surface area contributed by atoms with Crippen molar-refractivity contribution in [1.82, 2.24) is 4.90 Å². The van der Waals surface area contributed by atoms with Crippen molar-refractivity contribution >= 4 is 0 Å². The first-order valence-corrected chi connectivity index (χ1v) is 6.03. The molecule has 3 heteroatoms. The average Bonchev–Trinajstić information content (AvgIpc) is 2.63. The number of nitrogens with zero attached hydrogens (tertiary/aromatic N) is 1. The molecule has 92 valence electrons. The highest BCUT2D eigenvalue weighted by Crippen LogP contribution is 2.22. The van der Waals surface area contributed by atoms with Crippen LogP contribution in [0, 0.1) is 0 Å². The Morgan fingerprint density at radius 3 is 2.40 bits per heavy atom. The fourth-order valence-corrected chi connectivity index (χ4v) is 2.08. The van der Waals surface area contributed by atoms with E-state index < -0.39 is 0 Å². The lowest BCUT2D eigenvalue weighted by molar-refractivity contribution is 0.0227. The third-order valence-corrected chi connectivity index (χ3v) is 2.87. The van der Waals surface area contributed by atoms with Crippen LogP contribution in [-0.4, -0.2) is 50.5 Å². The van der Waals surface area contributed by atoms with Gasteiger partial charge in [0.15, 0.2) is 0 Å². The number of hydrogen-bond acceptors (Lipinski definition) is 3. The summed E-state index contributed by atoms with van der Waals surface area (Å²) in [5, 5.41) is 0. The van der Waals surface area contributed by atoms with Gasteiger partial charge in [-0.15, -0.1) is 0 Å². The van der Waals surface area contributed by atoms with E-state index in [1.165, 1.54) is 0 Å². The Labute approximate surface area is 94.7 Å². The Morgan fingerprint density at radius 2 is 2.00 bits per heavy atom. The van der Waals surface area contributed by atoms with Crippen molar-refractivity contribution < 1.29 is 9.47 Å². The number of likely N-dealkylation sites (N-methyl/N-ethyl adjacent to an activating group) is 1. The fourth-order valence-electron chi connectivity index (χ4n) is 2.08. The zero-order valence-corrected chi connectivity index (χ0v) is 11.1. The molecule has 0 aromatic heterocycles. The normalized spacial score (nSPS) is 28.4. The highest BCUT2D eigenvalue weighted by Gasteiger charge is 2.33. The summed E-state index contributed by atoms with van der Waals surface area (Å²) in [6, 6.07) is 0.518. The van der Waals surface area contributed by atoms with Gasteiger partial charge in [-0.3, -0.25) is 4.90 Å². The molecule has 0 aromatic carbocycles. The second kappa shape index (κ2) is 8.08. The van der Waals surface area contributed by atoms with Gasteiger partial charge in [0.25, 0.3) is 0 Å². The molecule has 1 aliphatic heterocycles. The number of methoxy groups -OCH3 is 1. The van der Waals surface area contributed by atoms with Gasteiger partial charge in [0.05, 0.1) is 12.2 Å². The van der Waals surface area contributed by atoms with Gasteiger partial charge in [0.1, 0.15) is 0 Å². The van der Waals surface area contributed by atoms with E-state index >= 15 is 0 Å². The molecule has 1 aliphatic rings. The van der Waals surface area contributed by atoms with Crippen LogP contribution in [0.4, 0.5) is 0 Å². The molecule has 1 saturated heterocycles. The Morgan fingerprint density at radius 1 is 1.40 bits per heavy atom. The largest absolute Gasteiger partial charge is 0.380 e. The molecule has 0 spiro atoms. The van der Waals surface area contributed by atoms with Crippen LogP contribution in [0.2, 0.25) is 0 Å². The number of ether oxygens (including phenoxy) is 2. The van der Waals surface area contributed by atoms with Crippen LogP contribution in [0.15, 0.2) is 0 Å². The van der Waals surface area contributed by atoms with Crippen molar-refractivity contribution in [1.29, 1.82) is 0 Å². The molecule has 0 radical (unpaired) electrons. The third-order valence-electron chi connectivity index (χ3n) is 2.87. The zero-order chi connectivity index (χ0) is 11.8. The van der Waals surface area contributed by atoms with Crippen LogP contribution >= 0.6 is 0 Å². The molecule has 0 amide bonds. The first kappa shape index (κ1) is 14.9. The molecule has 0 bridgehead atoms. The standard InChI is InChI=1S/C10H21NO2.C2H6/c1-5-13-8(2)10-6-9(12-4)7-11(10)3;1-2/h8-10H,5-7H2,1-4H3;1-2H3/t8-,9?,10?;/m0./s1. The van der Waals surface area contributed by atoms with E-state index in [1.807, 2.05) is 20.8 Å². The minimum Gasteiger partial charge on any atom is -0.380 e. The SMILES string of the molecule is CC.CCO[C@@H](C)C1CC(OC)CN1C. The minimum absolute atomic E-state index is 0.315. The van der Waals surface area contributed by atoms with Crippen LogP contribution in [0.1, 0.15) is 34.1 Å². The highest BCUT2D eigenvalue weighted by atomic mass is 16.5. The molecule has 1 rings (SSSR count). The average molecular weight is 217 g/mol. The van der Waals surface area contributed by atoms with Gasteiger partial charge in [-0.2, -0.15) is 0 Å². The summed E-state index contributed by atoms with van der Waals surface area (Å²) in [5.74, 6) is 0. The quantitative estimate of drug-likeness (QED) is 0.720. The van der Waals surface area contributed by atoms with Crippen molar-refractivity contribution in [3.8, 4) is 0 Å². The molecule has 2 unspecified atom stereocenters. The second-order valence-corrected chi connectivity index (χ2v) is 3.76. The lowest BCUT2D eigenvalue weighted by atomic mass is 10.1. The number of rotatable bonds is 4. The van der Waals surface area contributed by atoms with Crippen molar-refractivity contribution in [3.05, 3.63) is 0 Å². The Balaban J connectivity index is 0.000000921. The minimum atomic E-state index is 0.315. The molecule has 0 N–H and O–H groups in total. The first-order valence-electron chi connectivity index (χ1n) is 6.03. The van der Waals surface area contributed by atoms with Crippen LogP contribution in [0.3, 0.4) is 0 Å². The number of hydrogen-bond donors (Lipinski definition) is 0. The van der Waals surface area contributed by atoms with Crippen molar-refractivity contribution in [2.45, 2.75) is 52.4 Å². The Bertz CT molecular complexity index is 153. The smallest absolute Gasteiger partial charge is 0.0714 e. The van der Waals surface area contributed by atoms with Gasteiger partial charge in [0.2, 0.25) is 0 Å². The summed E-state index contributed by atoms with van der Waals surface area (Å²) in [6.07, 6.45) is 1.79. The lowest BCUT2D eigenvalue weighted by Gasteiger charge is -2.25. The molecule has 1 heterocycles. The molecule has 15 heavy (non-hydrogen) atoms. The fraction of sp³-hybridized carbons (Fsp3) is 1.00. The van der Waals surface area contributed by atoms with E-state index in [9.17, 15) is 0 Å². The van der Waals surface area contributed by atoms with E-state index in [0.29, 0.717) is 18.2 Å². The Kier molecular flexibility index (Phi) is 8.02. The molecule has 0 aromatic rings. The van der Waals surface area contributed by atoms with Crippen LogP contribution in [0.5, 0.6) is 0 Å². The Hall–Kier alpha value is -0.120. The van der Waals surface area contributed by atoms with Crippen molar-refractivity contribution in [2.75, 3.05) is 27.3 Å².